The molecule has 0 aliphatic heterocycles. The fraction of sp³-hybridized carbons (Fsp3) is 0.350. The minimum atomic E-state index is -0.438. The third-order valence-corrected chi connectivity index (χ3v) is 4.31. The van der Waals surface area contributed by atoms with Crippen LogP contribution in [0.25, 0.3) is 0 Å². The zero-order chi connectivity index (χ0) is 20.0. The van der Waals surface area contributed by atoms with E-state index in [2.05, 4.69) is 5.32 Å². The molecular formula is C20H25FN2O4. The van der Waals surface area contributed by atoms with Crippen molar-refractivity contribution in [1.82, 2.24) is 4.90 Å². The van der Waals surface area contributed by atoms with Crippen molar-refractivity contribution < 1.29 is 23.4 Å². The highest BCUT2D eigenvalue weighted by atomic mass is 19.1. The molecule has 2 rings (SSSR count). The van der Waals surface area contributed by atoms with E-state index in [0.717, 1.165) is 5.56 Å². The van der Waals surface area contributed by atoms with Crippen LogP contribution in [0.2, 0.25) is 0 Å². The van der Waals surface area contributed by atoms with E-state index in [0.29, 0.717) is 23.7 Å². The number of carbonyl (C=O) groups excluding carboxylic acids is 1. The van der Waals surface area contributed by atoms with Crippen molar-refractivity contribution in [2.24, 2.45) is 0 Å². The third kappa shape index (κ3) is 5.34. The van der Waals surface area contributed by atoms with Gasteiger partial charge < -0.3 is 19.5 Å². The quantitative estimate of drug-likeness (QED) is 0.766. The number of halogens is 1. The van der Waals surface area contributed by atoms with Gasteiger partial charge in [-0.3, -0.25) is 9.69 Å². The molecule has 0 aromatic heterocycles. The van der Waals surface area contributed by atoms with Crippen molar-refractivity contribution in [1.29, 1.82) is 0 Å². The highest BCUT2D eigenvalue weighted by Crippen LogP contribution is 2.26. The lowest BCUT2D eigenvalue weighted by molar-refractivity contribution is -0.120. The Morgan fingerprint density at radius 1 is 1.07 bits per heavy atom. The lowest BCUT2D eigenvalue weighted by atomic mass is 10.1. The van der Waals surface area contributed by atoms with Gasteiger partial charge in [-0.25, -0.2) is 4.39 Å². The van der Waals surface area contributed by atoms with Gasteiger partial charge in [0.1, 0.15) is 11.5 Å². The number of nitrogens with zero attached hydrogens (tertiary/aromatic N) is 1. The summed E-state index contributed by atoms with van der Waals surface area (Å²) in [4.78, 5) is 14.4. The Labute approximate surface area is 158 Å². The van der Waals surface area contributed by atoms with Gasteiger partial charge in [-0.2, -0.15) is 0 Å². The molecule has 0 aliphatic carbocycles. The molecule has 0 saturated heterocycles. The number of hydrogen-bond acceptors (Lipinski definition) is 5. The summed E-state index contributed by atoms with van der Waals surface area (Å²) in [5.41, 5.74) is 1.32. The summed E-state index contributed by atoms with van der Waals surface area (Å²) in [5, 5.41) is 2.85. The number of rotatable bonds is 8. The van der Waals surface area contributed by atoms with Crippen LogP contribution in [0.1, 0.15) is 12.5 Å². The predicted octanol–water partition coefficient (Wildman–Crippen LogP) is 3.31. The Balaban J connectivity index is 2.04. The number of anilines is 1. The summed E-state index contributed by atoms with van der Waals surface area (Å²) in [5.74, 6) is 0.740. The van der Waals surface area contributed by atoms with Crippen LogP contribution in [0, 0.1) is 5.82 Å². The van der Waals surface area contributed by atoms with Crippen LogP contribution in [-0.2, 0) is 11.3 Å². The highest BCUT2D eigenvalue weighted by Gasteiger charge is 2.19. The first-order valence-corrected chi connectivity index (χ1v) is 8.44. The molecule has 146 valence electrons. The Kier molecular flexibility index (Phi) is 7.01. The zero-order valence-electron chi connectivity index (χ0n) is 16.2. The second-order valence-electron chi connectivity index (χ2n) is 6.15. The second kappa shape index (κ2) is 9.23. The SMILES string of the molecule is COc1cc(NC(=O)[C@@H](C)N(C)Cc2ccc(OC)c(F)c2)cc(OC)c1. The highest BCUT2D eigenvalue weighted by molar-refractivity contribution is 5.94. The van der Waals surface area contributed by atoms with Gasteiger partial charge in [-0.05, 0) is 31.7 Å². The Hall–Kier alpha value is -2.80. The van der Waals surface area contributed by atoms with Crippen LogP contribution in [-0.4, -0.2) is 45.2 Å². The van der Waals surface area contributed by atoms with Gasteiger partial charge in [-0.1, -0.05) is 6.07 Å². The van der Waals surface area contributed by atoms with E-state index < -0.39 is 11.9 Å². The smallest absolute Gasteiger partial charge is 0.241 e. The van der Waals surface area contributed by atoms with Crippen molar-refractivity contribution in [3.05, 3.63) is 47.8 Å². The molecule has 2 aromatic rings. The number of carbonyl (C=O) groups is 1. The molecule has 6 nitrogen and oxygen atoms in total. The fourth-order valence-electron chi connectivity index (χ4n) is 2.56. The van der Waals surface area contributed by atoms with Gasteiger partial charge in [-0.15, -0.1) is 0 Å². The van der Waals surface area contributed by atoms with E-state index in [1.54, 1.807) is 58.5 Å². The standard InChI is InChI=1S/C20H25FN2O4/c1-13(23(2)12-14-6-7-19(27-5)18(21)8-14)20(24)22-15-9-16(25-3)11-17(10-15)26-4/h6-11,13H,12H2,1-5H3,(H,22,24)/t13-/m1/s1. The van der Waals surface area contributed by atoms with Crippen molar-refractivity contribution in [2.75, 3.05) is 33.7 Å². The Morgan fingerprint density at radius 2 is 1.70 bits per heavy atom. The summed E-state index contributed by atoms with van der Waals surface area (Å²) in [6, 6.07) is 9.48. The van der Waals surface area contributed by atoms with Crippen molar-refractivity contribution >= 4 is 11.6 Å². The van der Waals surface area contributed by atoms with E-state index in [-0.39, 0.29) is 11.7 Å². The maximum Gasteiger partial charge on any atom is 0.241 e. The number of hydrogen-bond donors (Lipinski definition) is 1. The molecule has 2 aromatic carbocycles. The molecule has 1 amide bonds. The summed E-state index contributed by atoms with van der Waals surface area (Å²) < 4.78 is 29.2. The predicted molar refractivity (Wildman–Crippen MR) is 102 cm³/mol. The molecule has 0 heterocycles. The molecule has 27 heavy (non-hydrogen) atoms. The molecule has 0 spiro atoms. The molecule has 0 aliphatic rings. The van der Waals surface area contributed by atoms with Crippen LogP contribution in [0.3, 0.4) is 0 Å². The molecule has 0 unspecified atom stereocenters. The summed E-state index contributed by atoms with van der Waals surface area (Å²) in [6.45, 7) is 2.20. The monoisotopic (exact) mass is 376 g/mol. The maximum absolute atomic E-state index is 13.8. The molecule has 1 N–H and O–H groups in total. The fourth-order valence-corrected chi connectivity index (χ4v) is 2.56. The number of amides is 1. The molecule has 7 heteroatoms. The van der Waals surface area contributed by atoms with Gasteiger partial charge in [0.25, 0.3) is 0 Å². The van der Waals surface area contributed by atoms with Gasteiger partial charge in [0.05, 0.1) is 27.4 Å². The van der Waals surface area contributed by atoms with Crippen molar-refractivity contribution in [3.8, 4) is 17.2 Å². The van der Waals surface area contributed by atoms with Gasteiger partial charge in [0, 0.05) is 30.4 Å². The summed E-state index contributed by atoms with van der Waals surface area (Å²) >= 11 is 0. The first-order valence-electron chi connectivity index (χ1n) is 8.44. The normalized spacial score (nSPS) is 11.8. The zero-order valence-corrected chi connectivity index (χ0v) is 16.2. The van der Waals surface area contributed by atoms with Crippen molar-refractivity contribution in [2.45, 2.75) is 19.5 Å². The first kappa shape index (κ1) is 20.5. The molecule has 1 atom stereocenters. The number of likely N-dealkylation sites (N-methyl/N-ethyl adjacent to an activating group) is 1. The average molecular weight is 376 g/mol. The lowest BCUT2D eigenvalue weighted by Gasteiger charge is -2.24. The molecule has 0 bridgehead atoms. The largest absolute Gasteiger partial charge is 0.497 e. The molecule has 0 radical (unpaired) electrons. The summed E-state index contributed by atoms with van der Waals surface area (Å²) in [7, 11) is 6.32. The van der Waals surface area contributed by atoms with E-state index >= 15 is 0 Å². The minimum Gasteiger partial charge on any atom is -0.497 e. The van der Waals surface area contributed by atoms with E-state index in [1.807, 2.05) is 4.90 Å². The van der Waals surface area contributed by atoms with Gasteiger partial charge in [0.15, 0.2) is 11.6 Å². The van der Waals surface area contributed by atoms with Crippen LogP contribution < -0.4 is 19.5 Å². The number of benzene rings is 2. The number of methoxy groups -OCH3 is 3. The van der Waals surface area contributed by atoms with Crippen LogP contribution in [0.5, 0.6) is 17.2 Å². The van der Waals surface area contributed by atoms with Crippen LogP contribution >= 0.6 is 0 Å². The minimum absolute atomic E-state index is 0.193. The van der Waals surface area contributed by atoms with Gasteiger partial charge >= 0.3 is 0 Å². The topological polar surface area (TPSA) is 60.0 Å². The maximum atomic E-state index is 13.8. The average Bonchev–Trinajstić information content (AvgIpc) is 2.66. The number of ether oxygens (including phenoxy) is 3. The van der Waals surface area contributed by atoms with E-state index in [4.69, 9.17) is 14.2 Å². The molecular weight excluding hydrogens is 351 g/mol. The van der Waals surface area contributed by atoms with Crippen LogP contribution in [0.4, 0.5) is 10.1 Å². The third-order valence-electron chi connectivity index (χ3n) is 4.31. The van der Waals surface area contributed by atoms with Crippen LogP contribution in [0.15, 0.2) is 36.4 Å². The molecule has 0 saturated carbocycles. The van der Waals surface area contributed by atoms with E-state index in [1.165, 1.54) is 13.2 Å². The first-order chi connectivity index (χ1) is 12.9. The van der Waals surface area contributed by atoms with E-state index in [9.17, 15) is 9.18 Å². The van der Waals surface area contributed by atoms with Gasteiger partial charge in [0.2, 0.25) is 5.91 Å². The number of nitrogens with one attached hydrogen (secondary N) is 1. The Morgan fingerprint density at radius 3 is 2.22 bits per heavy atom. The molecule has 0 fully saturated rings. The second-order valence-corrected chi connectivity index (χ2v) is 6.15. The summed E-state index contributed by atoms with van der Waals surface area (Å²) in [6.07, 6.45) is 0. The van der Waals surface area contributed by atoms with Crippen molar-refractivity contribution in [3.63, 3.8) is 0 Å². The Bertz CT molecular complexity index is 775. The lowest BCUT2D eigenvalue weighted by Crippen LogP contribution is -2.39.